The lowest BCUT2D eigenvalue weighted by Crippen LogP contribution is -2.11. The molecule has 98 valence electrons. The van der Waals surface area contributed by atoms with Crippen molar-refractivity contribution < 1.29 is 9.84 Å². The summed E-state index contributed by atoms with van der Waals surface area (Å²) < 4.78 is 5.10. The highest BCUT2D eigenvalue weighted by Gasteiger charge is 2.11. The number of methoxy groups -OCH3 is 1. The molecule has 0 aliphatic carbocycles. The SMILES string of the molecule is COc1ccc(O)c([C@@H](N)CCCCN)c1.Cl. The number of halogens is 1. The van der Waals surface area contributed by atoms with E-state index in [2.05, 4.69) is 0 Å². The smallest absolute Gasteiger partial charge is 0.120 e. The molecular formula is C12H21ClN2O2. The van der Waals surface area contributed by atoms with Gasteiger partial charge in [0.2, 0.25) is 0 Å². The third kappa shape index (κ3) is 4.81. The molecule has 0 radical (unpaired) electrons. The highest BCUT2D eigenvalue weighted by Crippen LogP contribution is 2.29. The summed E-state index contributed by atoms with van der Waals surface area (Å²) in [7, 11) is 1.59. The zero-order valence-corrected chi connectivity index (χ0v) is 10.9. The minimum atomic E-state index is -0.165. The van der Waals surface area contributed by atoms with E-state index in [1.54, 1.807) is 25.3 Å². The van der Waals surface area contributed by atoms with Crippen LogP contribution in [0.5, 0.6) is 11.5 Å². The maximum absolute atomic E-state index is 9.70. The van der Waals surface area contributed by atoms with Crippen molar-refractivity contribution in [2.75, 3.05) is 13.7 Å². The van der Waals surface area contributed by atoms with E-state index in [9.17, 15) is 5.11 Å². The fraction of sp³-hybridized carbons (Fsp3) is 0.500. The quantitative estimate of drug-likeness (QED) is 0.683. The van der Waals surface area contributed by atoms with Crippen molar-refractivity contribution >= 4 is 12.4 Å². The normalized spacial score (nSPS) is 11.7. The summed E-state index contributed by atoms with van der Waals surface area (Å²) in [5.74, 6) is 0.933. The van der Waals surface area contributed by atoms with Gasteiger partial charge in [0.05, 0.1) is 7.11 Å². The number of hydrogen-bond donors (Lipinski definition) is 3. The Labute approximate surface area is 108 Å². The maximum Gasteiger partial charge on any atom is 0.120 e. The molecule has 1 aromatic rings. The predicted octanol–water partition coefficient (Wildman–Crippen LogP) is 1.95. The van der Waals surface area contributed by atoms with Gasteiger partial charge in [-0.3, -0.25) is 0 Å². The van der Waals surface area contributed by atoms with Crippen LogP contribution >= 0.6 is 12.4 Å². The first kappa shape index (κ1) is 16.0. The molecule has 0 heterocycles. The Bertz CT molecular complexity index is 334. The molecule has 0 amide bonds. The standard InChI is InChI=1S/C12H20N2O2.ClH/c1-16-9-5-6-12(15)10(8-9)11(14)4-2-3-7-13;/h5-6,8,11,15H,2-4,7,13-14H2,1H3;1H/t11-;/m0./s1. The summed E-state index contributed by atoms with van der Waals surface area (Å²) in [6, 6.07) is 4.94. The second kappa shape index (κ2) is 8.17. The molecule has 1 rings (SSSR count). The lowest BCUT2D eigenvalue weighted by molar-refractivity contribution is 0.408. The first-order chi connectivity index (χ1) is 7.69. The summed E-state index contributed by atoms with van der Waals surface area (Å²) in [5, 5.41) is 9.70. The number of nitrogens with two attached hydrogens (primary N) is 2. The number of phenols is 1. The molecule has 17 heavy (non-hydrogen) atoms. The van der Waals surface area contributed by atoms with Gasteiger partial charge in [-0.05, 0) is 37.6 Å². The zero-order chi connectivity index (χ0) is 12.0. The summed E-state index contributed by atoms with van der Waals surface area (Å²) in [4.78, 5) is 0. The Balaban J connectivity index is 0.00000256. The lowest BCUT2D eigenvalue weighted by Gasteiger charge is -2.14. The Morgan fingerprint density at radius 2 is 2.06 bits per heavy atom. The molecule has 0 unspecified atom stereocenters. The third-order valence-corrected chi connectivity index (χ3v) is 2.60. The minimum Gasteiger partial charge on any atom is -0.508 e. The Kier molecular flexibility index (Phi) is 7.70. The van der Waals surface area contributed by atoms with Crippen LogP contribution in [0.15, 0.2) is 18.2 Å². The number of unbranched alkanes of at least 4 members (excludes halogenated alkanes) is 1. The van der Waals surface area contributed by atoms with E-state index < -0.39 is 0 Å². The van der Waals surface area contributed by atoms with Crippen LogP contribution < -0.4 is 16.2 Å². The van der Waals surface area contributed by atoms with Crippen molar-refractivity contribution in [1.82, 2.24) is 0 Å². The lowest BCUT2D eigenvalue weighted by atomic mass is 10.0. The number of benzene rings is 1. The van der Waals surface area contributed by atoms with Gasteiger partial charge in [0.1, 0.15) is 11.5 Å². The van der Waals surface area contributed by atoms with Gasteiger partial charge in [-0.1, -0.05) is 6.42 Å². The molecule has 0 bridgehead atoms. The average molecular weight is 261 g/mol. The molecule has 0 aliphatic heterocycles. The van der Waals surface area contributed by atoms with Crippen molar-refractivity contribution in [3.05, 3.63) is 23.8 Å². The van der Waals surface area contributed by atoms with Gasteiger partial charge < -0.3 is 21.3 Å². The number of phenolic OH excluding ortho intramolecular Hbond substituents is 1. The molecule has 0 fully saturated rings. The second-order valence-corrected chi connectivity index (χ2v) is 3.82. The van der Waals surface area contributed by atoms with Crippen LogP contribution in [-0.4, -0.2) is 18.8 Å². The number of hydrogen-bond acceptors (Lipinski definition) is 4. The molecule has 1 atom stereocenters. The van der Waals surface area contributed by atoms with E-state index in [0.29, 0.717) is 12.3 Å². The number of aromatic hydroxyl groups is 1. The van der Waals surface area contributed by atoms with Crippen molar-refractivity contribution in [1.29, 1.82) is 0 Å². The molecule has 0 aromatic heterocycles. The first-order valence-corrected chi connectivity index (χ1v) is 5.51. The third-order valence-electron chi connectivity index (χ3n) is 2.60. The average Bonchev–Trinajstić information content (AvgIpc) is 2.30. The highest BCUT2D eigenvalue weighted by atomic mass is 35.5. The second-order valence-electron chi connectivity index (χ2n) is 3.82. The predicted molar refractivity (Wildman–Crippen MR) is 71.7 cm³/mol. The fourth-order valence-corrected chi connectivity index (χ4v) is 1.62. The summed E-state index contributed by atoms with van der Waals surface area (Å²) in [6.07, 6.45) is 2.74. The Hall–Kier alpha value is -0.970. The van der Waals surface area contributed by atoms with Crippen molar-refractivity contribution in [2.24, 2.45) is 11.5 Å². The number of ether oxygens (including phenoxy) is 1. The van der Waals surface area contributed by atoms with Gasteiger partial charge in [-0.15, -0.1) is 12.4 Å². The summed E-state index contributed by atoms with van der Waals surface area (Å²) in [5.41, 5.74) is 12.2. The van der Waals surface area contributed by atoms with E-state index in [4.69, 9.17) is 16.2 Å². The van der Waals surface area contributed by atoms with E-state index in [-0.39, 0.29) is 24.2 Å². The van der Waals surface area contributed by atoms with Gasteiger partial charge >= 0.3 is 0 Å². The summed E-state index contributed by atoms with van der Waals surface area (Å²) in [6.45, 7) is 0.677. The molecule has 0 saturated carbocycles. The van der Waals surface area contributed by atoms with E-state index in [1.165, 1.54) is 0 Å². The molecule has 5 N–H and O–H groups in total. The van der Waals surface area contributed by atoms with E-state index >= 15 is 0 Å². The van der Waals surface area contributed by atoms with Gasteiger partial charge in [-0.25, -0.2) is 0 Å². The van der Waals surface area contributed by atoms with Gasteiger partial charge in [0.15, 0.2) is 0 Å². The minimum absolute atomic E-state index is 0. The van der Waals surface area contributed by atoms with Crippen LogP contribution in [0.2, 0.25) is 0 Å². The van der Waals surface area contributed by atoms with Crippen LogP contribution in [0.1, 0.15) is 30.9 Å². The first-order valence-electron chi connectivity index (χ1n) is 5.51. The largest absolute Gasteiger partial charge is 0.508 e. The van der Waals surface area contributed by atoms with Crippen molar-refractivity contribution in [3.8, 4) is 11.5 Å². The Morgan fingerprint density at radius 1 is 1.35 bits per heavy atom. The highest BCUT2D eigenvalue weighted by molar-refractivity contribution is 5.85. The maximum atomic E-state index is 9.70. The van der Waals surface area contributed by atoms with Crippen LogP contribution in [0.4, 0.5) is 0 Å². The molecular weight excluding hydrogens is 240 g/mol. The molecule has 4 nitrogen and oxygen atoms in total. The van der Waals surface area contributed by atoms with Crippen LogP contribution in [0, 0.1) is 0 Å². The topological polar surface area (TPSA) is 81.5 Å². The number of rotatable bonds is 6. The van der Waals surface area contributed by atoms with E-state index in [1.807, 2.05) is 0 Å². The van der Waals surface area contributed by atoms with Gasteiger partial charge in [0, 0.05) is 11.6 Å². The van der Waals surface area contributed by atoms with Gasteiger partial charge in [0.25, 0.3) is 0 Å². The van der Waals surface area contributed by atoms with Gasteiger partial charge in [-0.2, -0.15) is 0 Å². The van der Waals surface area contributed by atoms with Crippen LogP contribution in [0.25, 0.3) is 0 Å². The molecule has 0 saturated heterocycles. The van der Waals surface area contributed by atoms with Crippen LogP contribution in [0.3, 0.4) is 0 Å². The molecule has 1 aromatic carbocycles. The zero-order valence-electron chi connectivity index (χ0n) is 10.1. The fourth-order valence-electron chi connectivity index (χ4n) is 1.62. The van der Waals surface area contributed by atoms with Crippen molar-refractivity contribution in [2.45, 2.75) is 25.3 Å². The molecule has 5 heteroatoms. The van der Waals surface area contributed by atoms with Crippen molar-refractivity contribution in [3.63, 3.8) is 0 Å². The summed E-state index contributed by atoms with van der Waals surface area (Å²) >= 11 is 0. The van der Waals surface area contributed by atoms with E-state index in [0.717, 1.165) is 24.8 Å². The Morgan fingerprint density at radius 3 is 2.65 bits per heavy atom. The van der Waals surface area contributed by atoms with Crippen LogP contribution in [-0.2, 0) is 0 Å². The molecule has 0 spiro atoms. The monoisotopic (exact) mass is 260 g/mol. The molecule has 0 aliphatic rings.